The first kappa shape index (κ1) is 12.2. The lowest BCUT2D eigenvalue weighted by atomic mass is 10.1. The first-order chi connectivity index (χ1) is 8.56. The largest absolute Gasteiger partial charge is 0.306 e. The van der Waals surface area contributed by atoms with E-state index in [1.165, 1.54) is 0 Å². The number of amides is 1. The summed E-state index contributed by atoms with van der Waals surface area (Å²) in [5, 5.41) is 2.77. The molecule has 0 aliphatic heterocycles. The van der Waals surface area contributed by atoms with E-state index in [-0.39, 0.29) is 5.91 Å². The monoisotopic (exact) mass is 241 g/mol. The maximum atomic E-state index is 12.1. The maximum absolute atomic E-state index is 12.1. The third-order valence-corrected chi connectivity index (χ3v) is 2.60. The van der Waals surface area contributed by atoms with Crippen LogP contribution in [0, 0.1) is 20.8 Å². The Hall–Kier alpha value is -2.23. The molecule has 0 aliphatic carbocycles. The molecule has 1 N–H and O–H groups in total. The Morgan fingerprint density at radius 3 is 2.39 bits per heavy atom. The van der Waals surface area contributed by atoms with Crippen LogP contribution in [0.4, 0.5) is 5.82 Å². The highest BCUT2D eigenvalue weighted by Crippen LogP contribution is 2.10. The van der Waals surface area contributed by atoms with Crippen LogP contribution in [0.3, 0.4) is 0 Å². The number of nitrogens with one attached hydrogen (secondary N) is 1. The molecule has 2 aromatic rings. The van der Waals surface area contributed by atoms with Gasteiger partial charge in [0.1, 0.15) is 5.82 Å². The Balaban J connectivity index is 2.22. The van der Waals surface area contributed by atoms with E-state index < -0.39 is 0 Å². The molecular formula is C14H15N3O. The molecule has 1 amide bonds. The van der Waals surface area contributed by atoms with E-state index in [0.29, 0.717) is 11.4 Å². The first-order valence-electron chi connectivity index (χ1n) is 5.75. The molecule has 0 saturated heterocycles. The van der Waals surface area contributed by atoms with Crippen molar-refractivity contribution in [3.05, 3.63) is 53.0 Å². The maximum Gasteiger partial charge on any atom is 0.258 e. The van der Waals surface area contributed by atoms with E-state index >= 15 is 0 Å². The molecule has 0 aromatic carbocycles. The van der Waals surface area contributed by atoms with Crippen LogP contribution in [0.15, 0.2) is 30.3 Å². The molecule has 2 rings (SSSR count). The third kappa shape index (κ3) is 2.71. The van der Waals surface area contributed by atoms with Gasteiger partial charge in [-0.25, -0.2) is 4.98 Å². The van der Waals surface area contributed by atoms with Crippen LogP contribution in [0.5, 0.6) is 0 Å². The zero-order valence-electron chi connectivity index (χ0n) is 10.7. The second-order valence-electron chi connectivity index (χ2n) is 4.20. The fourth-order valence-electron chi connectivity index (χ4n) is 1.72. The smallest absolute Gasteiger partial charge is 0.258 e. The van der Waals surface area contributed by atoms with Crippen molar-refractivity contribution in [2.24, 2.45) is 0 Å². The van der Waals surface area contributed by atoms with Gasteiger partial charge in [0.2, 0.25) is 0 Å². The Morgan fingerprint density at radius 2 is 1.72 bits per heavy atom. The number of carbonyl (C=O) groups is 1. The van der Waals surface area contributed by atoms with Crippen molar-refractivity contribution in [3.63, 3.8) is 0 Å². The molecule has 0 aliphatic rings. The number of carbonyl (C=O) groups excluding carboxylic acids is 1. The fraction of sp³-hybridized carbons (Fsp3) is 0.214. The van der Waals surface area contributed by atoms with Crippen LogP contribution in [-0.4, -0.2) is 15.9 Å². The van der Waals surface area contributed by atoms with Crippen molar-refractivity contribution >= 4 is 11.7 Å². The average molecular weight is 241 g/mol. The lowest BCUT2D eigenvalue weighted by Gasteiger charge is -2.07. The summed E-state index contributed by atoms with van der Waals surface area (Å²) in [5.74, 6) is 0.373. The first-order valence-corrected chi connectivity index (χ1v) is 5.75. The molecule has 0 bridgehead atoms. The molecule has 18 heavy (non-hydrogen) atoms. The molecule has 0 spiro atoms. The summed E-state index contributed by atoms with van der Waals surface area (Å²) in [4.78, 5) is 20.6. The Kier molecular flexibility index (Phi) is 3.37. The average Bonchev–Trinajstić information content (AvgIpc) is 2.28. The summed E-state index contributed by atoms with van der Waals surface area (Å²) in [7, 11) is 0. The van der Waals surface area contributed by atoms with Gasteiger partial charge in [-0.1, -0.05) is 6.07 Å². The summed E-state index contributed by atoms with van der Waals surface area (Å²) in [6, 6.07) is 9.11. The highest BCUT2D eigenvalue weighted by atomic mass is 16.1. The van der Waals surface area contributed by atoms with E-state index in [1.54, 1.807) is 12.1 Å². The highest BCUT2D eigenvalue weighted by Gasteiger charge is 2.10. The lowest BCUT2D eigenvalue weighted by molar-refractivity contribution is 0.102. The van der Waals surface area contributed by atoms with Gasteiger partial charge < -0.3 is 5.32 Å². The van der Waals surface area contributed by atoms with E-state index in [9.17, 15) is 4.79 Å². The summed E-state index contributed by atoms with van der Waals surface area (Å²) in [6.07, 6.45) is 0. The molecule has 2 heterocycles. The molecule has 4 nitrogen and oxygen atoms in total. The molecule has 4 heteroatoms. The Bertz CT molecular complexity index is 593. The van der Waals surface area contributed by atoms with Crippen LogP contribution in [0.25, 0.3) is 0 Å². The highest BCUT2D eigenvalue weighted by molar-refractivity contribution is 6.04. The van der Waals surface area contributed by atoms with Gasteiger partial charge in [-0.2, -0.15) is 0 Å². The van der Waals surface area contributed by atoms with E-state index in [0.717, 1.165) is 17.1 Å². The second kappa shape index (κ2) is 4.96. The number of anilines is 1. The zero-order valence-corrected chi connectivity index (χ0v) is 10.7. The van der Waals surface area contributed by atoms with Crippen LogP contribution in [0.1, 0.15) is 27.4 Å². The molecule has 0 atom stereocenters. The van der Waals surface area contributed by atoms with Gasteiger partial charge in [0.05, 0.1) is 11.3 Å². The molecule has 0 radical (unpaired) electrons. The number of rotatable bonds is 2. The second-order valence-corrected chi connectivity index (χ2v) is 4.20. The van der Waals surface area contributed by atoms with Crippen molar-refractivity contribution in [1.29, 1.82) is 0 Å². The number of aryl methyl sites for hydroxylation is 3. The number of hydrogen-bond acceptors (Lipinski definition) is 3. The summed E-state index contributed by atoms with van der Waals surface area (Å²) >= 11 is 0. The van der Waals surface area contributed by atoms with Crippen molar-refractivity contribution in [2.45, 2.75) is 20.8 Å². The molecule has 0 unspecified atom stereocenters. The minimum absolute atomic E-state index is 0.182. The predicted molar refractivity (Wildman–Crippen MR) is 70.6 cm³/mol. The van der Waals surface area contributed by atoms with Crippen LogP contribution in [0.2, 0.25) is 0 Å². The fourth-order valence-corrected chi connectivity index (χ4v) is 1.72. The number of aromatic nitrogens is 2. The molecule has 2 aromatic heterocycles. The summed E-state index contributed by atoms with van der Waals surface area (Å²) in [6.45, 7) is 5.61. The van der Waals surface area contributed by atoms with Gasteiger partial charge in [0.15, 0.2) is 0 Å². The molecule has 92 valence electrons. The number of nitrogens with zero attached hydrogens (tertiary/aromatic N) is 2. The van der Waals surface area contributed by atoms with Gasteiger partial charge >= 0.3 is 0 Å². The van der Waals surface area contributed by atoms with Crippen molar-refractivity contribution in [2.75, 3.05) is 5.32 Å². The third-order valence-electron chi connectivity index (χ3n) is 2.60. The Morgan fingerprint density at radius 1 is 1.00 bits per heavy atom. The van der Waals surface area contributed by atoms with Crippen LogP contribution < -0.4 is 5.32 Å². The van der Waals surface area contributed by atoms with E-state index in [1.807, 2.05) is 39.0 Å². The van der Waals surface area contributed by atoms with Gasteiger partial charge in [-0.05, 0) is 45.0 Å². The Labute approximate surface area is 106 Å². The molecular weight excluding hydrogens is 226 g/mol. The zero-order chi connectivity index (χ0) is 13.1. The van der Waals surface area contributed by atoms with Crippen LogP contribution >= 0.6 is 0 Å². The van der Waals surface area contributed by atoms with Crippen LogP contribution in [-0.2, 0) is 0 Å². The SMILES string of the molecule is Cc1cccc(NC(=O)c2ccc(C)nc2C)n1. The number of hydrogen-bond donors (Lipinski definition) is 1. The molecule has 0 fully saturated rings. The molecule has 0 saturated carbocycles. The minimum atomic E-state index is -0.182. The quantitative estimate of drug-likeness (QED) is 0.879. The van der Waals surface area contributed by atoms with Gasteiger partial charge in [-0.3, -0.25) is 9.78 Å². The van der Waals surface area contributed by atoms with Crippen molar-refractivity contribution in [1.82, 2.24) is 9.97 Å². The predicted octanol–water partition coefficient (Wildman–Crippen LogP) is 2.65. The van der Waals surface area contributed by atoms with Gasteiger partial charge in [0, 0.05) is 11.4 Å². The van der Waals surface area contributed by atoms with Crippen molar-refractivity contribution in [3.8, 4) is 0 Å². The minimum Gasteiger partial charge on any atom is -0.306 e. The van der Waals surface area contributed by atoms with Crippen molar-refractivity contribution < 1.29 is 4.79 Å². The van der Waals surface area contributed by atoms with E-state index in [2.05, 4.69) is 15.3 Å². The summed E-state index contributed by atoms with van der Waals surface area (Å²) in [5.41, 5.74) is 3.06. The van der Waals surface area contributed by atoms with E-state index in [4.69, 9.17) is 0 Å². The standard InChI is InChI=1S/C14H15N3O/c1-9-5-4-6-13(16-9)17-14(18)12-8-7-10(2)15-11(12)3/h4-8H,1-3H3,(H,16,17,18). The normalized spacial score (nSPS) is 10.2. The van der Waals surface area contributed by atoms with Gasteiger partial charge in [0.25, 0.3) is 5.91 Å². The topological polar surface area (TPSA) is 54.9 Å². The number of pyridine rings is 2. The summed E-state index contributed by atoms with van der Waals surface area (Å²) < 4.78 is 0. The van der Waals surface area contributed by atoms with Gasteiger partial charge in [-0.15, -0.1) is 0 Å². The lowest BCUT2D eigenvalue weighted by Crippen LogP contribution is -2.15.